The van der Waals surface area contributed by atoms with Crippen molar-refractivity contribution in [2.24, 2.45) is 11.8 Å². The van der Waals surface area contributed by atoms with Crippen LogP contribution in [0.5, 0.6) is 0 Å². The SMILES string of the molecule is CCC(C#N)S(=O)(=O)N1CC(C)C(C(=O)O)C1. The maximum atomic E-state index is 12.0. The van der Waals surface area contributed by atoms with Crippen molar-refractivity contribution >= 4 is 16.0 Å². The number of hydrogen-bond donors (Lipinski definition) is 1. The number of sulfonamides is 1. The van der Waals surface area contributed by atoms with Crippen LogP contribution in [-0.2, 0) is 14.8 Å². The summed E-state index contributed by atoms with van der Waals surface area (Å²) >= 11 is 0. The van der Waals surface area contributed by atoms with Gasteiger partial charge in [-0.15, -0.1) is 0 Å². The van der Waals surface area contributed by atoms with Gasteiger partial charge in [0.05, 0.1) is 12.0 Å². The molecule has 0 amide bonds. The molecule has 17 heavy (non-hydrogen) atoms. The van der Waals surface area contributed by atoms with Gasteiger partial charge in [-0.3, -0.25) is 4.79 Å². The van der Waals surface area contributed by atoms with Gasteiger partial charge in [-0.1, -0.05) is 13.8 Å². The number of nitriles is 1. The molecule has 0 aromatic carbocycles. The summed E-state index contributed by atoms with van der Waals surface area (Å²) in [7, 11) is -3.69. The molecule has 1 saturated heterocycles. The maximum Gasteiger partial charge on any atom is 0.308 e. The number of hydrogen-bond acceptors (Lipinski definition) is 4. The number of nitrogens with zero attached hydrogens (tertiary/aromatic N) is 2. The van der Waals surface area contributed by atoms with Gasteiger partial charge in [-0.2, -0.15) is 9.57 Å². The van der Waals surface area contributed by atoms with Crippen LogP contribution in [0.3, 0.4) is 0 Å². The third kappa shape index (κ3) is 2.58. The predicted molar refractivity (Wildman–Crippen MR) is 60.5 cm³/mol. The summed E-state index contributed by atoms with van der Waals surface area (Å²) in [5, 5.41) is 16.6. The lowest BCUT2D eigenvalue weighted by atomic mass is 9.99. The molecule has 1 aliphatic heterocycles. The smallest absolute Gasteiger partial charge is 0.308 e. The quantitative estimate of drug-likeness (QED) is 0.782. The minimum atomic E-state index is -3.69. The van der Waals surface area contributed by atoms with Gasteiger partial charge in [-0.25, -0.2) is 8.42 Å². The van der Waals surface area contributed by atoms with Gasteiger partial charge in [0.25, 0.3) is 0 Å². The van der Waals surface area contributed by atoms with E-state index >= 15 is 0 Å². The molecule has 0 aromatic heterocycles. The molecule has 0 spiro atoms. The van der Waals surface area contributed by atoms with Crippen molar-refractivity contribution in [3.8, 4) is 6.07 Å². The van der Waals surface area contributed by atoms with Crippen molar-refractivity contribution < 1.29 is 18.3 Å². The number of aliphatic carboxylic acids is 1. The lowest BCUT2D eigenvalue weighted by molar-refractivity contribution is -0.142. The van der Waals surface area contributed by atoms with E-state index in [1.54, 1.807) is 19.9 Å². The molecule has 0 radical (unpaired) electrons. The van der Waals surface area contributed by atoms with Crippen molar-refractivity contribution in [1.82, 2.24) is 4.31 Å². The van der Waals surface area contributed by atoms with E-state index in [1.807, 2.05) is 0 Å². The van der Waals surface area contributed by atoms with E-state index in [0.717, 1.165) is 4.31 Å². The van der Waals surface area contributed by atoms with E-state index in [4.69, 9.17) is 10.4 Å². The van der Waals surface area contributed by atoms with Crippen molar-refractivity contribution in [3.63, 3.8) is 0 Å². The van der Waals surface area contributed by atoms with E-state index < -0.39 is 27.2 Å². The molecule has 96 valence electrons. The summed E-state index contributed by atoms with van der Waals surface area (Å²) < 4.78 is 25.2. The molecule has 1 heterocycles. The van der Waals surface area contributed by atoms with E-state index in [1.165, 1.54) is 0 Å². The van der Waals surface area contributed by atoms with Crippen LogP contribution in [0.2, 0.25) is 0 Å². The van der Waals surface area contributed by atoms with Gasteiger partial charge in [0.15, 0.2) is 5.25 Å². The molecule has 0 aromatic rings. The van der Waals surface area contributed by atoms with Crippen LogP contribution in [0.25, 0.3) is 0 Å². The minimum absolute atomic E-state index is 0.0307. The fourth-order valence-electron chi connectivity index (χ4n) is 2.00. The summed E-state index contributed by atoms with van der Waals surface area (Å²) in [6.07, 6.45) is 0.210. The van der Waals surface area contributed by atoms with Crippen LogP contribution >= 0.6 is 0 Å². The molecule has 3 atom stereocenters. The summed E-state index contributed by atoms with van der Waals surface area (Å²) in [4.78, 5) is 10.9. The fraction of sp³-hybridized carbons (Fsp3) is 0.800. The Bertz CT molecular complexity index is 440. The number of carboxylic acid groups (broad SMARTS) is 1. The molecule has 1 fully saturated rings. The first-order valence-electron chi connectivity index (χ1n) is 5.46. The molecule has 3 unspecified atom stereocenters. The summed E-state index contributed by atoms with van der Waals surface area (Å²) in [5.41, 5.74) is 0. The Balaban J connectivity index is 2.91. The molecular weight excluding hydrogens is 244 g/mol. The normalized spacial score (nSPS) is 27.6. The second kappa shape index (κ2) is 5.02. The summed E-state index contributed by atoms with van der Waals surface area (Å²) in [5.74, 6) is -1.89. The van der Waals surface area contributed by atoms with E-state index in [2.05, 4.69) is 0 Å². The zero-order valence-corrected chi connectivity index (χ0v) is 10.6. The lowest BCUT2D eigenvalue weighted by Crippen LogP contribution is -2.37. The van der Waals surface area contributed by atoms with Crippen LogP contribution < -0.4 is 0 Å². The van der Waals surface area contributed by atoms with Crippen molar-refractivity contribution in [2.75, 3.05) is 13.1 Å². The Hall–Kier alpha value is -1.13. The second-order valence-electron chi connectivity index (χ2n) is 4.31. The van der Waals surface area contributed by atoms with Gasteiger partial charge >= 0.3 is 5.97 Å². The molecule has 1 N–H and O–H groups in total. The van der Waals surface area contributed by atoms with Crippen molar-refractivity contribution in [1.29, 1.82) is 5.26 Å². The third-order valence-corrected chi connectivity index (χ3v) is 5.31. The first-order chi connectivity index (χ1) is 7.84. The van der Waals surface area contributed by atoms with E-state index in [9.17, 15) is 13.2 Å². The molecule has 0 saturated carbocycles. The van der Waals surface area contributed by atoms with Crippen LogP contribution in [0.15, 0.2) is 0 Å². The first-order valence-corrected chi connectivity index (χ1v) is 6.96. The standard InChI is InChI=1S/C10H16N2O4S/c1-3-8(4-11)17(15,16)12-5-7(2)9(6-12)10(13)14/h7-9H,3,5-6H2,1-2H3,(H,13,14). The number of rotatable bonds is 4. The highest BCUT2D eigenvalue weighted by Gasteiger charge is 2.42. The molecule has 1 rings (SSSR count). The van der Waals surface area contributed by atoms with E-state index in [0.29, 0.717) is 0 Å². The zero-order valence-electron chi connectivity index (χ0n) is 9.83. The molecule has 0 bridgehead atoms. The van der Waals surface area contributed by atoms with Gasteiger partial charge < -0.3 is 5.11 Å². The fourth-order valence-corrected chi connectivity index (χ4v) is 3.73. The van der Waals surface area contributed by atoms with Crippen molar-refractivity contribution in [3.05, 3.63) is 0 Å². The predicted octanol–water partition coefficient (Wildman–Crippen LogP) is 0.271. The van der Waals surface area contributed by atoms with Gasteiger partial charge in [0.1, 0.15) is 0 Å². The Labute approximate surface area is 101 Å². The number of carbonyl (C=O) groups is 1. The van der Waals surface area contributed by atoms with Crippen LogP contribution in [-0.4, -0.2) is 42.1 Å². The first kappa shape index (κ1) is 13.9. The molecule has 6 nitrogen and oxygen atoms in total. The highest BCUT2D eigenvalue weighted by Crippen LogP contribution is 2.27. The Kier molecular flexibility index (Phi) is 4.11. The largest absolute Gasteiger partial charge is 0.481 e. The Morgan fingerprint density at radius 1 is 1.59 bits per heavy atom. The molecule has 7 heteroatoms. The van der Waals surface area contributed by atoms with Gasteiger partial charge in [0.2, 0.25) is 10.0 Å². The van der Waals surface area contributed by atoms with Crippen LogP contribution in [0.1, 0.15) is 20.3 Å². The summed E-state index contributed by atoms with van der Waals surface area (Å²) in [6, 6.07) is 1.75. The monoisotopic (exact) mass is 260 g/mol. The molecule has 1 aliphatic rings. The minimum Gasteiger partial charge on any atom is -0.481 e. The van der Waals surface area contributed by atoms with Crippen molar-refractivity contribution in [2.45, 2.75) is 25.5 Å². The highest BCUT2D eigenvalue weighted by atomic mass is 32.2. The van der Waals surface area contributed by atoms with Crippen LogP contribution in [0, 0.1) is 23.2 Å². The average molecular weight is 260 g/mol. The Morgan fingerprint density at radius 3 is 2.53 bits per heavy atom. The zero-order chi connectivity index (χ0) is 13.2. The molecule has 0 aliphatic carbocycles. The second-order valence-corrected chi connectivity index (χ2v) is 6.43. The third-order valence-electron chi connectivity index (χ3n) is 3.13. The highest BCUT2D eigenvalue weighted by molar-refractivity contribution is 7.90. The Morgan fingerprint density at radius 2 is 2.18 bits per heavy atom. The maximum absolute atomic E-state index is 12.0. The molecular formula is C10H16N2O4S. The average Bonchev–Trinajstić information content (AvgIpc) is 2.62. The van der Waals surface area contributed by atoms with Gasteiger partial charge in [0, 0.05) is 13.1 Å². The van der Waals surface area contributed by atoms with Crippen LogP contribution in [0.4, 0.5) is 0 Å². The number of carboxylic acids is 1. The lowest BCUT2D eigenvalue weighted by Gasteiger charge is -2.18. The topological polar surface area (TPSA) is 98.5 Å². The van der Waals surface area contributed by atoms with E-state index in [-0.39, 0.29) is 25.4 Å². The van der Waals surface area contributed by atoms with Gasteiger partial charge in [-0.05, 0) is 12.3 Å². The summed E-state index contributed by atoms with van der Waals surface area (Å²) in [6.45, 7) is 3.48.